The second kappa shape index (κ2) is 8.97. The predicted octanol–water partition coefficient (Wildman–Crippen LogP) is 4.33. The number of aromatic amines is 1. The van der Waals surface area contributed by atoms with E-state index in [0.29, 0.717) is 22.7 Å². The van der Waals surface area contributed by atoms with E-state index in [2.05, 4.69) is 32.9 Å². The Hall–Kier alpha value is -4.07. The highest BCUT2D eigenvalue weighted by atomic mass is 19.1. The monoisotopic (exact) mass is 430 g/mol. The maximum Gasteiger partial charge on any atom is 0.263 e. The molecular formula is C24H23FN6O. The van der Waals surface area contributed by atoms with Gasteiger partial charge in [0.25, 0.3) is 5.56 Å². The quantitative estimate of drug-likeness (QED) is 0.444. The van der Waals surface area contributed by atoms with Crippen molar-refractivity contribution in [2.45, 2.75) is 26.7 Å². The Labute approximate surface area is 183 Å². The number of aryl methyl sites for hydroxylation is 2. The fourth-order valence-corrected chi connectivity index (χ4v) is 3.69. The molecular weight excluding hydrogens is 407 g/mol. The second-order valence-electron chi connectivity index (χ2n) is 7.40. The van der Waals surface area contributed by atoms with Gasteiger partial charge in [0.15, 0.2) is 11.5 Å². The summed E-state index contributed by atoms with van der Waals surface area (Å²) >= 11 is 0. The summed E-state index contributed by atoms with van der Waals surface area (Å²) in [7, 11) is 0. The van der Waals surface area contributed by atoms with E-state index in [9.17, 15) is 9.18 Å². The highest BCUT2D eigenvalue weighted by molar-refractivity contribution is 5.85. The van der Waals surface area contributed by atoms with E-state index in [1.807, 2.05) is 25.1 Å². The Balaban J connectivity index is 0.000000203. The van der Waals surface area contributed by atoms with Gasteiger partial charge >= 0.3 is 0 Å². The SMILES string of the molecule is CCCc1cc2cccc(C)c2c(=O)n1-c1ccc(F)cc1.Nc1ncnc2nc[nH]c12. The van der Waals surface area contributed by atoms with Gasteiger partial charge in [-0.15, -0.1) is 0 Å². The van der Waals surface area contributed by atoms with Gasteiger partial charge in [-0.1, -0.05) is 31.5 Å². The first-order chi connectivity index (χ1) is 15.5. The van der Waals surface area contributed by atoms with Crippen molar-refractivity contribution in [3.05, 3.63) is 88.6 Å². The largest absolute Gasteiger partial charge is 0.382 e. The average molecular weight is 430 g/mol. The molecule has 0 saturated heterocycles. The number of H-pyrrole nitrogens is 1. The minimum Gasteiger partial charge on any atom is -0.382 e. The Morgan fingerprint density at radius 1 is 1.09 bits per heavy atom. The molecule has 3 N–H and O–H groups in total. The van der Waals surface area contributed by atoms with Crippen LogP contribution in [-0.4, -0.2) is 24.5 Å². The maximum atomic E-state index is 13.2. The predicted molar refractivity (Wildman–Crippen MR) is 124 cm³/mol. The standard InChI is InChI=1S/C19H18FNO.C5H5N5/c1-3-5-17-12-14-7-4-6-13(2)18(14)19(22)21(17)16-10-8-15(20)9-11-16;6-4-3-5(9-1-7-3)10-2-8-4/h4,6-12H,3,5H2,1-2H3;1-2H,(H3,6,7,8,9,10). The van der Waals surface area contributed by atoms with Crippen LogP contribution < -0.4 is 11.3 Å². The highest BCUT2D eigenvalue weighted by Crippen LogP contribution is 2.20. The smallest absolute Gasteiger partial charge is 0.263 e. The number of pyridine rings is 1. The maximum absolute atomic E-state index is 13.2. The van der Waals surface area contributed by atoms with Crippen LogP contribution in [0.2, 0.25) is 0 Å². The molecule has 2 aromatic carbocycles. The van der Waals surface area contributed by atoms with Crippen LogP contribution >= 0.6 is 0 Å². The number of hydrogen-bond acceptors (Lipinski definition) is 5. The van der Waals surface area contributed by atoms with E-state index < -0.39 is 0 Å². The Morgan fingerprint density at radius 2 is 1.88 bits per heavy atom. The number of nitrogen functional groups attached to an aromatic ring is 1. The molecule has 0 radical (unpaired) electrons. The van der Waals surface area contributed by atoms with Crippen LogP contribution in [0.15, 0.2) is 66.0 Å². The van der Waals surface area contributed by atoms with Gasteiger partial charge in [0.05, 0.1) is 11.7 Å². The van der Waals surface area contributed by atoms with Gasteiger partial charge in [-0.05, 0) is 54.6 Å². The fourth-order valence-electron chi connectivity index (χ4n) is 3.69. The highest BCUT2D eigenvalue weighted by Gasteiger charge is 2.12. The molecule has 32 heavy (non-hydrogen) atoms. The lowest BCUT2D eigenvalue weighted by atomic mass is 10.0. The Bertz CT molecular complexity index is 1440. The number of rotatable bonds is 3. The Morgan fingerprint density at radius 3 is 2.59 bits per heavy atom. The number of imidazole rings is 1. The third kappa shape index (κ3) is 4.07. The van der Waals surface area contributed by atoms with E-state index in [-0.39, 0.29) is 11.4 Å². The van der Waals surface area contributed by atoms with Crippen molar-refractivity contribution in [1.82, 2.24) is 24.5 Å². The van der Waals surface area contributed by atoms with E-state index in [1.165, 1.54) is 24.8 Å². The summed E-state index contributed by atoms with van der Waals surface area (Å²) < 4.78 is 14.9. The summed E-state index contributed by atoms with van der Waals surface area (Å²) in [6.45, 7) is 4.03. The fraction of sp³-hybridized carbons (Fsp3) is 0.167. The molecule has 5 aromatic rings. The zero-order valence-corrected chi connectivity index (χ0v) is 17.8. The normalized spacial score (nSPS) is 10.8. The van der Waals surface area contributed by atoms with Gasteiger partial charge in [0.1, 0.15) is 17.7 Å². The van der Waals surface area contributed by atoms with Crippen LogP contribution in [0.3, 0.4) is 0 Å². The molecule has 5 rings (SSSR count). The zero-order valence-electron chi connectivity index (χ0n) is 17.8. The summed E-state index contributed by atoms with van der Waals surface area (Å²) in [6.07, 6.45) is 4.67. The number of anilines is 1. The molecule has 0 bridgehead atoms. The number of halogens is 1. The van der Waals surface area contributed by atoms with Gasteiger partial charge < -0.3 is 10.7 Å². The molecule has 0 atom stereocenters. The Kier molecular flexibility index (Phi) is 5.93. The molecule has 0 fully saturated rings. The molecule has 0 aliphatic heterocycles. The first-order valence-electron chi connectivity index (χ1n) is 10.3. The third-order valence-corrected chi connectivity index (χ3v) is 5.17. The van der Waals surface area contributed by atoms with Crippen LogP contribution in [0.4, 0.5) is 10.2 Å². The first kappa shape index (κ1) is 21.2. The van der Waals surface area contributed by atoms with Crippen LogP contribution in [0.5, 0.6) is 0 Å². The van der Waals surface area contributed by atoms with Crippen LogP contribution in [0.25, 0.3) is 27.6 Å². The molecule has 3 aromatic heterocycles. The number of nitrogens with one attached hydrogen (secondary N) is 1. The van der Waals surface area contributed by atoms with Crippen molar-refractivity contribution >= 4 is 27.8 Å². The molecule has 0 aliphatic carbocycles. The van der Waals surface area contributed by atoms with Crippen molar-refractivity contribution in [2.75, 3.05) is 5.73 Å². The molecule has 0 saturated carbocycles. The number of fused-ring (bicyclic) bond motifs is 2. The number of nitrogens with two attached hydrogens (primary N) is 1. The lowest BCUT2D eigenvalue weighted by molar-refractivity contribution is 0.627. The van der Waals surface area contributed by atoms with Crippen LogP contribution in [0, 0.1) is 12.7 Å². The van der Waals surface area contributed by atoms with E-state index in [1.54, 1.807) is 16.7 Å². The van der Waals surface area contributed by atoms with Crippen molar-refractivity contribution in [3.63, 3.8) is 0 Å². The molecule has 0 aliphatic rings. The zero-order chi connectivity index (χ0) is 22.7. The van der Waals surface area contributed by atoms with Crippen molar-refractivity contribution in [3.8, 4) is 5.69 Å². The minimum absolute atomic E-state index is 0.0364. The van der Waals surface area contributed by atoms with Gasteiger partial charge in [0.2, 0.25) is 0 Å². The lowest BCUT2D eigenvalue weighted by Gasteiger charge is -2.15. The third-order valence-electron chi connectivity index (χ3n) is 5.17. The molecule has 3 heterocycles. The van der Waals surface area contributed by atoms with E-state index in [0.717, 1.165) is 34.9 Å². The summed E-state index contributed by atoms with van der Waals surface area (Å²) in [5.41, 5.74) is 9.37. The topological polar surface area (TPSA) is 102 Å². The van der Waals surface area contributed by atoms with Crippen molar-refractivity contribution in [2.24, 2.45) is 0 Å². The molecule has 7 nitrogen and oxygen atoms in total. The molecule has 0 amide bonds. The van der Waals surface area contributed by atoms with Gasteiger partial charge in [-0.2, -0.15) is 0 Å². The van der Waals surface area contributed by atoms with Crippen LogP contribution in [0.1, 0.15) is 24.6 Å². The summed E-state index contributed by atoms with van der Waals surface area (Å²) in [4.78, 5) is 27.4. The second-order valence-corrected chi connectivity index (χ2v) is 7.40. The lowest BCUT2D eigenvalue weighted by Crippen LogP contribution is -2.22. The van der Waals surface area contributed by atoms with Gasteiger partial charge in [0, 0.05) is 11.4 Å². The number of benzene rings is 2. The summed E-state index contributed by atoms with van der Waals surface area (Å²) in [5.74, 6) is 0.133. The minimum atomic E-state index is -0.300. The molecule has 0 unspecified atom stereocenters. The van der Waals surface area contributed by atoms with Crippen molar-refractivity contribution < 1.29 is 4.39 Å². The van der Waals surface area contributed by atoms with E-state index >= 15 is 0 Å². The summed E-state index contributed by atoms with van der Waals surface area (Å²) in [5, 5.41) is 1.69. The number of hydrogen-bond donors (Lipinski definition) is 2. The molecule has 0 spiro atoms. The molecule has 162 valence electrons. The number of aromatic nitrogens is 5. The average Bonchev–Trinajstić information content (AvgIpc) is 3.26. The van der Waals surface area contributed by atoms with Crippen LogP contribution in [-0.2, 0) is 6.42 Å². The van der Waals surface area contributed by atoms with Gasteiger partial charge in [-0.25, -0.2) is 19.3 Å². The first-order valence-corrected chi connectivity index (χ1v) is 10.3. The summed E-state index contributed by atoms with van der Waals surface area (Å²) in [6, 6.07) is 14.0. The molecule has 8 heteroatoms. The van der Waals surface area contributed by atoms with Gasteiger partial charge in [-0.3, -0.25) is 9.36 Å². The van der Waals surface area contributed by atoms with E-state index in [4.69, 9.17) is 5.73 Å². The number of nitrogens with zero attached hydrogens (tertiary/aromatic N) is 4. The van der Waals surface area contributed by atoms with Crippen molar-refractivity contribution in [1.29, 1.82) is 0 Å².